The molecule has 0 aliphatic carbocycles. The molecule has 1 rings (SSSR count). The van der Waals surface area contributed by atoms with E-state index in [1.165, 1.54) is 18.5 Å². The fraction of sp³-hybridized carbons (Fsp3) is 0.750. The molecule has 0 saturated carbocycles. The largest absolute Gasteiger partial charge is 0.311 e. The Bertz CT molecular complexity index is 278. The van der Waals surface area contributed by atoms with Gasteiger partial charge >= 0.3 is 0 Å². The molecule has 0 aliphatic heterocycles. The molecule has 3 nitrogen and oxygen atoms in total. The molecule has 0 fully saturated rings. The molecular formula is C12H23N3. The van der Waals surface area contributed by atoms with E-state index in [2.05, 4.69) is 41.9 Å². The van der Waals surface area contributed by atoms with Crippen molar-refractivity contribution in [1.29, 1.82) is 0 Å². The van der Waals surface area contributed by atoms with Crippen LogP contribution in [0.3, 0.4) is 0 Å². The Labute approximate surface area is 92.9 Å². The van der Waals surface area contributed by atoms with Gasteiger partial charge in [-0.1, -0.05) is 20.3 Å². The lowest BCUT2D eigenvalue weighted by Gasteiger charge is -2.06. The van der Waals surface area contributed by atoms with Gasteiger partial charge in [-0.25, -0.2) is 0 Å². The number of nitrogens with one attached hydrogen (secondary N) is 1. The van der Waals surface area contributed by atoms with Gasteiger partial charge in [0, 0.05) is 13.1 Å². The first-order valence-corrected chi connectivity index (χ1v) is 6.02. The van der Waals surface area contributed by atoms with Gasteiger partial charge in [0.1, 0.15) is 0 Å². The SMILES string of the molecule is CCCCNCc1cc(C)nn1CCC. The molecule has 0 amide bonds. The number of hydrogen-bond donors (Lipinski definition) is 1. The summed E-state index contributed by atoms with van der Waals surface area (Å²) in [6.07, 6.45) is 3.64. The Balaban J connectivity index is 2.44. The molecule has 0 atom stereocenters. The van der Waals surface area contributed by atoms with Gasteiger partial charge in [0.05, 0.1) is 11.4 Å². The maximum Gasteiger partial charge on any atom is 0.0597 e. The van der Waals surface area contributed by atoms with Crippen LogP contribution in [0.4, 0.5) is 0 Å². The number of aryl methyl sites for hydroxylation is 2. The van der Waals surface area contributed by atoms with Crippen molar-refractivity contribution in [2.24, 2.45) is 0 Å². The van der Waals surface area contributed by atoms with Crippen molar-refractivity contribution in [1.82, 2.24) is 15.1 Å². The number of rotatable bonds is 7. The molecule has 1 aromatic rings. The fourth-order valence-corrected chi connectivity index (χ4v) is 1.67. The highest BCUT2D eigenvalue weighted by Crippen LogP contribution is 2.04. The molecule has 15 heavy (non-hydrogen) atoms. The van der Waals surface area contributed by atoms with Crippen molar-refractivity contribution in [3.05, 3.63) is 17.5 Å². The summed E-state index contributed by atoms with van der Waals surface area (Å²) in [5, 5.41) is 7.93. The lowest BCUT2D eigenvalue weighted by Crippen LogP contribution is -2.17. The van der Waals surface area contributed by atoms with Crippen LogP contribution in [0.25, 0.3) is 0 Å². The van der Waals surface area contributed by atoms with E-state index in [0.717, 1.165) is 31.7 Å². The molecule has 1 N–H and O–H groups in total. The van der Waals surface area contributed by atoms with Crippen molar-refractivity contribution in [2.45, 2.75) is 53.1 Å². The topological polar surface area (TPSA) is 29.9 Å². The smallest absolute Gasteiger partial charge is 0.0597 e. The van der Waals surface area contributed by atoms with E-state index < -0.39 is 0 Å². The van der Waals surface area contributed by atoms with Gasteiger partial charge in [0.15, 0.2) is 0 Å². The van der Waals surface area contributed by atoms with Crippen molar-refractivity contribution in [3.8, 4) is 0 Å². The molecule has 86 valence electrons. The van der Waals surface area contributed by atoms with E-state index in [0.29, 0.717) is 0 Å². The van der Waals surface area contributed by atoms with Gasteiger partial charge in [0.25, 0.3) is 0 Å². The van der Waals surface area contributed by atoms with Crippen LogP contribution in [0.2, 0.25) is 0 Å². The predicted octanol–water partition coefficient (Wildman–Crippen LogP) is 2.49. The van der Waals surface area contributed by atoms with Crippen molar-refractivity contribution in [2.75, 3.05) is 6.54 Å². The molecule has 3 heteroatoms. The minimum Gasteiger partial charge on any atom is -0.311 e. The summed E-state index contributed by atoms with van der Waals surface area (Å²) in [6, 6.07) is 2.18. The zero-order valence-corrected chi connectivity index (χ0v) is 10.2. The Morgan fingerprint density at radius 1 is 1.33 bits per heavy atom. The third-order valence-electron chi connectivity index (χ3n) is 2.43. The van der Waals surface area contributed by atoms with Gasteiger partial charge in [-0.15, -0.1) is 0 Å². The van der Waals surface area contributed by atoms with Crippen LogP contribution in [0.5, 0.6) is 0 Å². The molecule has 1 heterocycles. The number of hydrogen-bond acceptors (Lipinski definition) is 2. The number of nitrogens with zero attached hydrogens (tertiary/aromatic N) is 2. The van der Waals surface area contributed by atoms with E-state index in [1.54, 1.807) is 0 Å². The summed E-state index contributed by atoms with van der Waals surface area (Å²) < 4.78 is 2.12. The highest BCUT2D eigenvalue weighted by molar-refractivity contribution is 5.08. The summed E-state index contributed by atoms with van der Waals surface area (Å²) in [5.74, 6) is 0. The summed E-state index contributed by atoms with van der Waals surface area (Å²) in [6.45, 7) is 9.53. The van der Waals surface area contributed by atoms with E-state index in [4.69, 9.17) is 0 Å². The van der Waals surface area contributed by atoms with Crippen LogP contribution in [-0.2, 0) is 13.1 Å². The minimum absolute atomic E-state index is 0.945. The van der Waals surface area contributed by atoms with E-state index in [-0.39, 0.29) is 0 Å². The van der Waals surface area contributed by atoms with E-state index in [9.17, 15) is 0 Å². The van der Waals surface area contributed by atoms with Crippen LogP contribution < -0.4 is 5.32 Å². The van der Waals surface area contributed by atoms with Gasteiger partial charge in [0.2, 0.25) is 0 Å². The highest BCUT2D eigenvalue weighted by atomic mass is 15.3. The zero-order valence-electron chi connectivity index (χ0n) is 10.2. The monoisotopic (exact) mass is 209 g/mol. The maximum atomic E-state index is 4.48. The highest BCUT2D eigenvalue weighted by Gasteiger charge is 2.03. The van der Waals surface area contributed by atoms with Crippen LogP contribution in [0, 0.1) is 6.92 Å². The molecule has 0 unspecified atom stereocenters. The quantitative estimate of drug-likeness (QED) is 0.699. The molecule has 0 spiro atoms. The average Bonchev–Trinajstić information content (AvgIpc) is 2.55. The predicted molar refractivity (Wildman–Crippen MR) is 63.9 cm³/mol. The summed E-state index contributed by atoms with van der Waals surface area (Å²) in [4.78, 5) is 0. The van der Waals surface area contributed by atoms with Gasteiger partial charge in [-0.05, 0) is 32.4 Å². The number of unbranched alkanes of at least 4 members (excludes halogenated alkanes) is 1. The third-order valence-corrected chi connectivity index (χ3v) is 2.43. The molecular weight excluding hydrogens is 186 g/mol. The van der Waals surface area contributed by atoms with Gasteiger partial charge in [-0.3, -0.25) is 4.68 Å². The molecule has 1 aromatic heterocycles. The second-order valence-corrected chi connectivity index (χ2v) is 4.03. The number of aromatic nitrogens is 2. The molecule has 0 aliphatic rings. The van der Waals surface area contributed by atoms with E-state index in [1.807, 2.05) is 0 Å². The summed E-state index contributed by atoms with van der Waals surface area (Å²) >= 11 is 0. The first kappa shape index (κ1) is 12.2. The maximum absolute atomic E-state index is 4.48. The normalized spacial score (nSPS) is 10.9. The van der Waals surface area contributed by atoms with Crippen LogP contribution in [-0.4, -0.2) is 16.3 Å². The Morgan fingerprint density at radius 3 is 2.80 bits per heavy atom. The second kappa shape index (κ2) is 6.62. The van der Waals surface area contributed by atoms with Crippen LogP contribution >= 0.6 is 0 Å². The van der Waals surface area contributed by atoms with Crippen molar-refractivity contribution in [3.63, 3.8) is 0 Å². The lowest BCUT2D eigenvalue weighted by molar-refractivity contribution is 0.542. The van der Waals surface area contributed by atoms with Gasteiger partial charge in [-0.2, -0.15) is 5.10 Å². The average molecular weight is 209 g/mol. The summed E-state index contributed by atoms with van der Waals surface area (Å²) in [7, 11) is 0. The Morgan fingerprint density at radius 2 is 2.13 bits per heavy atom. The summed E-state index contributed by atoms with van der Waals surface area (Å²) in [5.41, 5.74) is 2.43. The van der Waals surface area contributed by atoms with Crippen LogP contribution in [0.15, 0.2) is 6.07 Å². The zero-order chi connectivity index (χ0) is 11.1. The molecule has 0 radical (unpaired) electrons. The van der Waals surface area contributed by atoms with Crippen LogP contribution in [0.1, 0.15) is 44.5 Å². The fourth-order valence-electron chi connectivity index (χ4n) is 1.67. The van der Waals surface area contributed by atoms with Crippen molar-refractivity contribution < 1.29 is 0 Å². The second-order valence-electron chi connectivity index (χ2n) is 4.03. The standard InChI is InChI=1S/C12H23N3/c1-4-6-7-13-10-12-9-11(3)14-15(12)8-5-2/h9,13H,4-8,10H2,1-3H3. The molecule has 0 bridgehead atoms. The Hall–Kier alpha value is -0.830. The minimum atomic E-state index is 0.945. The third kappa shape index (κ3) is 4.04. The molecule has 0 aromatic carbocycles. The van der Waals surface area contributed by atoms with Gasteiger partial charge < -0.3 is 5.32 Å². The lowest BCUT2D eigenvalue weighted by atomic mass is 10.3. The van der Waals surface area contributed by atoms with E-state index >= 15 is 0 Å². The molecule has 0 saturated heterocycles. The first-order valence-electron chi connectivity index (χ1n) is 6.02. The van der Waals surface area contributed by atoms with Crippen molar-refractivity contribution >= 4 is 0 Å². The Kier molecular flexibility index (Phi) is 5.40. The first-order chi connectivity index (χ1) is 7.27.